The monoisotopic (exact) mass is 414 g/mol. The second-order valence-electron chi connectivity index (χ2n) is 9.13. The minimum atomic E-state index is 0. The van der Waals surface area contributed by atoms with E-state index in [2.05, 4.69) is 107 Å². The summed E-state index contributed by atoms with van der Waals surface area (Å²) in [5, 5.41) is 2.57. The van der Waals surface area contributed by atoms with Crippen LogP contribution in [-0.2, 0) is 0 Å². The lowest BCUT2D eigenvalue weighted by atomic mass is 9.84. The van der Waals surface area contributed by atoms with Gasteiger partial charge in [-0.3, -0.25) is 0 Å². The van der Waals surface area contributed by atoms with Crippen LogP contribution in [0.1, 0.15) is 33.4 Å². The standard InChI is InChI=1S/C30H29N.B/c1-17-13-19(3)27(20(4)14-17)25-12-11-24-23-9-7-8-10-26(23)31-30(24)29(25)28-21(5)15-18(2)16-22(28)6;/h7-16,31H,1-6H3;. The summed E-state index contributed by atoms with van der Waals surface area (Å²) in [4.78, 5) is 3.77. The lowest BCUT2D eigenvalue weighted by molar-refractivity contribution is 1.30. The number of benzene rings is 4. The van der Waals surface area contributed by atoms with Crippen LogP contribution in [0.2, 0.25) is 0 Å². The Balaban J connectivity index is 0.00000245. The fourth-order valence-corrected chi connectivity index (χ4v) is 5.57. The summed E-state index contributed by atoms with van der Waals surface area (Å²) in [5.74, 6) is 0. The Hall–Kier alpha value is -3.26. The van der Waals surface area contributed by atoms with Crippen LogP contribution < -0.4 is 0 Å². The van der Waals surface area contributed by atoms with Crippen LogP contribution in [-0.4, -0.2) is 13.4 Å². The Kier molecular flexibility index (Phi) is 5.50. The fourth-order valence-electron chi connectivity index (χ4n) is 5.57. The Morgan fingerprint density at radius 1 is 0.531 bits per heavy atom. The average molecular weight is 414 g/mol. The second-order valence-corrected chi connectivity index (χ2v) is 9.13. The summed E-state index contributed by atoms with van der Waals surface area (Å²) in [6, 6.07) is 22.5. The summed E-state index contributed by atoms with van der Waals surface area (Å²) in [6.45, 7) is 13.3. The molecule has 157 valence electrons. The van der Waals surface area contributed by atoms with Gasteiger partial charge in [0.2, 0.25) is 0 Å². The molecule has 0 spiro atoms. The molecule has 2 heteroatoms. The highest BCUT2D eigenvalue weighted by Crippen LogP contribution is 2.44. The number of aromatic amines is 1. The fraction of sp³-hybridized carbons (Fsp3) is 0.200. The first-order valence-electron chi connectivity index (χ1n) is 11.0. The van der Waals surface area contributed by atoms with Gasteiger partial charge in [0.15, 0.2) is 0 Å². The summed E-state index contributed by atoms with van der Waals surface area (Å²) in [6.07, 6.45) is 0. The highest BCUT2D eigenvalue weighted by molar-refractivity contribution is 6.15. The van der Waals surface area contributed by atoms with Crippen LogP contribution in [0.4, 0.5) is 0 Å². The molecular weight excluding hydrogens is 385 g/mol. The van der Waals surface area contributed by atoms with Gasteiger partial charge in [-0.1, -0.05) is 65.7 Å². The third-order valence-corrected chi connectivity index (χ3v) is 6.56. The van der Waals surface area contributed by atoms with E-state index in [4.69, 9.17) is 0 Å². The van der Waals surface area contributed by atoms with E-state index in [0.29, 0.717) is 0 Å². The Bertz CT molecular complexity index is 1440. The SMILES string of the molecule is Cc1cc(C)c(-c2ccc3c([nH]c4ccccc43)c2-c2c(C)cc(C)cc2C)c(C)c1.[B]. The molecule has 5 aromatic rings. The molecule has 0 saturated carbocycles. The molecule has 0 unspecified atom stereocenters. The van der Waals surface area contributed by atoms with Crippen LogP contribution in [0, 0.1) is 41.5 Å². The minimum Gasteiger partial charge on any atom is -0.354 e. The number of aryl methyl sites for hydroxylation is 6. The molecule has 0 aliphatic rings. The molecule has 0 fully saturated rings. The van der Waals surface area contributed by atoms with Crippen LogP contribution in [0.5, 0.6) is 0 Å². The average Bonchev–Trinajstić information content (AvgIpc) is 3.06. The molecule has 0 atom stereocenters. The molecular formula is C30H29BN. The number of rotatable bonds is 2. The van der Waals surface area contributed by atoms with E-state index >= 15 is 0 Å². The second kappa shape index (κ2) is 8.02. The van der Waals surface area contributed by atoms with Gasteiger partial charge in [0.05, 0.1) is 5.52 Å². The maximum atomic E-state index is 3.77. The van der Waals surface area contributed by atoms with Crippen LogP contribution in [0.15, 0.2) is 60.7 Å². The van der Waals surface area contributed by atoms with E-state index in [1.54, 1.807) is 0 Å². The van der Waals surface area contributed by atoms with E-state index in [9.17, 15) is 0 Å². The van der Waals surface area contributed by atoms with Gasteiger partial charge in [0.25, 0.3) is 0 Å². The van der Waals surface area contributed by atoms with Gasteiger partial charge in [-0.25, -0.2) is 0 Å². The summed E-state index contributed by atoms with van der Waals surface area (Å²) < 4.78 is 0. The molecule has 5 rings (SSSR count). The van der Waals surface area contributed by atoms with E-state index in [-0.39, 0.29) is 8.41 Å². The Morgan fingerprint density at radius 2 is 1.06 bits per heavy atom. The molecule has 3 radical (unpaired) electrons. The highest BCUT2D eigenvalue weighted by atomic mass is 14.7. The van der Waals surface area contributed by atoms with Crippen molar-refractivity contribution in [1.29, 1.82) is 0 Å². The van der Waals surface area contributed by atoms with Crippen molar-refractivity contribution in [3.05, 3.63) is 94.0 Å². The number of H-pyrrole nitrogens is 1. The van der Waals surface area contributed by atoms with Crippen molar-refractivity contribution in [3.63, 3.8) is 0 Å². The quantitative estimate of drug-likeness (QED) is 0.281. The predicted molar refractivity (Wildman–Crippen MR) is 141 cm³/mol. The van der Waals surface area contributed by atoms with E-state index in [1.807, 2.05) is 0 Å². The zero-order valence-corrected chi connectivity index (χ0v) is 19.9. The first-order valence-corrected chi connectivity index (χ1v) is 11.0. The normalized spacial score (nSPS) is 11.2. The zero-order chi connectivity index (χ0) is 21.9. The van der Waals surface area contributed by atoms with Gasteiger partial charge < -0.3 is 4.98 Å². The maximum absolute atomic E-state index is 3.77. The number of nitrogens with one attached hydrogen (secondary N) is 1. The topological polar surface area (TPSA) is 15.8 Å². The van der Waals surface area contributed by atoms with Crippen molar-refractivity contribution in [3.8, 4) is 22.3 Å². The van der Waals surface area contributed by atoms with E-state index < -0.39 is 0 Å². The molecule has 1 N–H and O–H groups in total. The van der Waals surface area contributed by atoms with E-state index in [1.165, 1.54) is 77.4 Å². The van der Waals surface area contributed by atoms with Crippen molar-refractivity contribution >= 4 is 30.2 Å². The molecule has 4 aromatic carbocycles. The smallest absolute Gasteiger partial charge is 0.0551 e. The van der Waals surface area contributed by atoms with Crippen molar-refractivity contribution < 1.29 is 0 Å². The first-order chi connectivity index (χ1) is 14.8. The lowest BCUT2D eigenvalue weighted by Crippen LogP contribution is -1.97. The van der Waals surface area contributed by atoms with Gasteiger partial charge >= 0.3 is 0 Å². The van der Waals surface area contributed by atoms with Crippen LogP contribution >= 0.6 is 0 Å². The molecule has 1 nitrogen and oxygen atoms in total. The zero-order valence-electron chi connectivity index (χ0n) is 19.9. The summed E-state index contributed by atoms with van der Waals surface area (Å²) >= 11 is 0. The van der Waals surface area contributed by atoms with E-state index in [0.717, 1.165) is 0 Å². The summed E-state index contributed by atoms with van der Waals surface area (Å²) in [5.41, 5.74) is 15.7. The molecule has 1 heterocycles. The summed E-state index contributed by atoms with van der Waals surface area (Å²) in [7, 11) is 0. The number of fused-ring (bicyclic) bond motifs is 3. The van der Waals surface area contributed by atoms with Crippen molar-refractivity contribution in [2.24, 2.45) is 0 Å². The van der Waals surface area contributed by atoms with Gasteiger partial charge in [-0.15, -0.1) is 0 Å². The molecule has 0 aliphatic heterocycles. The molecule has 0 saturated heterocycles. The number of aromatic nitrogens is 1. The van der Waals surface area contributed by atoms with Gasteiger partial charge in [0, 0.05) is 30.3 Å². The highest BCUT2D eigenvalue weighted by Gasteiger charge is 2.20. The number of hydrogen-bond donors (Lipinski definition) is 1. The molecule has 0 bridgehead atoms. The van der Waals surface area contributed by atoms with Crippen LogP contribution in [0.3, 0.4) is 0 Å². The van der Waals surface area contributed by atoms with Gasteiger partial charge in [-0.2, -0.15) is 0 Å². The first kappa shape index (κ1) is 22.0. The van der Waals surface area contributed by atoms with Crippen molar-refractivity contribution in [2.45, 2.75) is 41.5 Å². The van der Waals surface area contributed by atoms with Crippen molar-refractivity contribution in [1.82, 2.24) is 4.98 Å². The van der Waals surface area contributed by atoms with Crippen molar-refractivity contribution in [2.75, 3.05) is 0 Å². The number of para-hydroxylation sites is 1. The Labute approximate surface area is 193 Å². The third-order valence-electron chi connectivity index (χ3n) is 6.56. The number of hydrogen-bond acceptors (Lipinski definition) is 0. The predicted octanol–water partition coefficient (Wildman–Crippen LogP) is 8.12. The molecule has 0 aliphatic carbocycles. The molecule has 32 heavy (non-hydrogen) atoms. The van der Waals surface area contributed by atoms with Gasteiger partial charge in [0.1, 0.15) is 0 Å². The molecule has 0 amide bonds. The third kappa shape index (κ3) is 3.35. The lowest BCUT2D eigenvalue weighted by Gasteiger charge is -2.20. The largest absolute Gasteiger partial charge is 0.354 e. The molecule has 1 aromatic heterocycles. The Morgan fingerprint density at radius 3 is 1.66 bits per heavy atom. The maximum Gasteiger partial charge on any atom is 0.0551 e. The van der Waals surface area contributed by atoms with Crippen LogP contribution in [0.25, 0.3) is 44.1 Å². The minimum absolute atomic E-state index is 0. The van der Waals surface area contributed by atoms with Gasteiger partial charge in [-0.05, 0) is 86.6 Å².